The topological polar surface area (TPSA) is 77.5 Å². The molecule has 2 aromatic carbocycles. The van der Waals surface area contributed by atoms with Crippen molar-refractivity contribution < 1.29 is 19.1 Å². The number of aromatic nitrogens is 1. The van der Waals surface area contributed by atoms with Crippen LogP contribution in [0.5, 0.6) is 11.6 Å². The third-order valence-electron chi connectivity index (χ3n) is 4.67. The first-order valence-corrected chi connectivity index (χ1v) is 10.1. The van der Waals surface area contributed by atoms with Crippen molar-refractivity contribution in [1.29, 1.82) is 0 Å². The molecule has 1 heterocycles. The molecule has 0 spiro atoms. The summed E-state index contributed by atoms with van der Waals surface area (Å²) in [4.78, 5) is 28.7. The number of benzene rings is 2. The molecule has 0 saturated carbocycles. The van der Waals surface area contributed by atoms with Gasteiger partial charge in [0.15, 0.2) is 0 Å². The van der Waals surface area contributed by atoms with Gasteiger partial charge in [0, 0.05) is 16.8 Å². The Morgan fingerprint density at radius 3 is 2.48 bits per heavy atom. The molecule has 8 heteroatoms. The second-order valence-corrected chi connectivity index (χ2v) is 7.62. The van der Waals surface area contributed by atoms with E-state index in [1.807, 2.05) is 13.8 Å². The van der Waals surface area contributed by atoms with E-state index < -0.39 is 11.9 Å². The lowest BCUT2D eigenvalue weighted by atomic mass is 10.1. The molecule has 0 saturated heterocycles. The molecule has 31 heavy (non-hydrogen) atoms. The van der Waals surface area contributed by atoms with Crippen LogP contribution in [0.1, 0.15) is 44.8 Å². The maximum atomic E-state index is 13.0. The number of ether oxygens (including phenoxy) is 2. The molecule has 160 valence electrons. The molecule has 0 aliphatic heterocycles. The summed E-state index contributed by atoms with van der Waals surface area (Å²) in [6.07, 6.45) is 1.41. The van der Waals surface area contributed by atoms with Crippen molar-refractivity contribution >= 4 is 35.1 Å². The molecule has 0 aliphatic rings. The number of pyridine rings is 1. The number of nitrogens with zero attached hydrogens (tertiary/aromatic N) is 1. The third kappa shape index (κ3) is 5.34. The summed E-state index contributed by atoms with van der Waals surface area (Å²) < 4.78 is 10.6. The fraction of sp³-hybridized carbons (Fsp3) is 0.174. The Hall–Kier alpha value is -3.09. The number of rotatable bonds is 6. The van der Waals surface area contributed by atoms with Crippen molar-refractivity contribution in [2.75, 3.05) is 7.11 Å². The summed E-state index contributed by atoms with van der Waals surface area (Å²) >= 11 is 12.2. The zero-order valence-corrected chi connectivity index (χ0v) is 18.6. The number of nitrogens with one attached hydrogen (secondary N) is 1. The van der Waals surface area contributed by atoms with E-state index in [0.717, 1.165) is 11.1 Å². The summed E-state index contributed by atoms with van der Waals surface area (Å²) in [5, 5.41) is 3.74. The highest BCUT2D eigenvalue weighted by Crippen LogP contribution is 2.31. The normalized spacial score (nSPS) is 11.5. The standard InChI is InChI=1S/C23H20Cl2N2O4/c1-13-19(25)5-4-6-20(13)31-22-18(11-17(24)12-26-22)21(28)27-14(2)15-7-9-16(10-8-15)23(29)30-3/h4-12,14H,1-3H3,(H,27,28). The minimum atomic E-state index is -0.425. The predicted molar refractivity (Wildman–Crippen MR) is 119 cm³/mol. The first-order chi connectivity index (χ1) is 14.8. The maximum absolute atomic E-state index is 13.0. The summed E-state index contributed by atoms with van der Waals surface area (Å²) in [5.74, 6) is -0.233. The molecule has 1 unspecified atom stereocenters. The molecule has 6 nitrogen and oxygen atoms in total. The van der Waals surface area contributed by atoms with E-state index in [0.29, 0.717) is 21.4 Å². The molecule has 0 fully saturated rings. The number of carbonyl (C=O) groups is 2. The van der Waals surface area contributed by atoms with Gasteiger partial charge in [-0.25, -0.2) is 9.78 Å². The van der Waals surface area contributed by atoms with Crippen LogP contribution >= 0.6 is 23.2 Å². The van der Waals surface area contributed by atoms with Crippen LogP contribution in [0.4, 0.5) is 0 Å². The van der Waals surface area contributed by atoms with Gasteiger partial charge in [0.25, 0.3) is 5.91 Å². The van der Waals surface area contributed by atoms with Crippen LogP contribution < -0.4 is 10.1 Å². The quantitative estimate of drug-likeness (QED) is 0.474. The van der Waals surface area contributed by atoms with Gasteiger partial charge in [-0.15, -0.1) is 0 Å². The summed E-state index contributed by atoms with van der Waals surface area (Å²) in [5.41, 5.74) is 2.15. The van der Waals surface area contributed by atoms with Crippen molar-refractivity contribution in [3.8, 4) is 11.6 Å². The lowest BCUT2D eigenvalue weighted by molar-refractivity contribution is 0.0600. The smallest absolute Gasteiger partial charge is 0.337 e. The van der Waals surface area contributed by atoms with E-state index in [4.69, 9.17) is 32.7 Å². The Labute approximate surface area is 190 Å². The van der Waals surface area contributed by atoms with E-state index in [2.05, 4.69) is 10.3 Å². The highest BCUT2D eigenvalue weighted by molar-refractivity contribution is 6.31. The molecular formula is C23H20Cl2N2O4. The third-order valence-corrected chi connectivity index (χ3v) is 5.28. The van der Waals surface area contributed by atoms with Gasteiger partial charge in [-0.1, -0.05) is 41.4 Å². The zero-order chi connectivity index (χ0) is 22.5. The monoisotopic (exact) mass is 458 g/mol. The van der Waals surface area contributed by atoms with Gasteiger partial charge >= 0.3 is 5.97 Å². The lowest BCUT2D eigenvalue weighted by Gasteiger charge is -2.17. The molecule has 3 rings (SSSR count). The molecular weight excluding hydrogens is 439 g/mol. The lowest BCUT2D eigenvalue weighted by Crippen LogP contribution is -2.27. The number of amides is 1. The van der Waals surface area contributed by atoms with E-state index in [-0.39, 0.29) is 17.5 Å². The number of methoxy groups -OCH3 is 1. The summed E-state index contributed by atoms with van der Waals surface area (Å²) in [7, 11) is 1.32. The number of hydrogen-bond acceptors (Lipinski definition) is 5. The minimum Gasteiger partial charge on any atom is -0.465 e. The minimum absolute atomic E-state index is 0.112. The summed E-state index contributed by atoms with van der Waals surface area (Å²) in [6.45, 7) is 3.64. The highest BCUT2D eigenvalue weighted by Gasteiger charge is 2.19. The maximum Gasteiger partial charge on any atom is 0.337 e. The van der Waals surface area contributed by atoms with Gasteiger partial charge < -0.3 is 14.8 Å². The fourth-order valence-electron chi connectivity index (χ4n) is 2.86. The van der Waals surface area contributed by atoms with Gasteiger partial charge in [0.1, 0.15) is 11.3 Å². The van der Waals surface area contributed by atoms with E-state index in [9.17, 15) is 9.59 Å². The number of esters is 1. The van der Waals surface area contributed by atoms with Crippen LogP contribution in [-0.2, 0) is 4.74 Å². The Balaban J connectivity index is 1.82. The molecule has 1 atom stereocenters. The average molecular weight is 459 g/mol. The van der Waals surface area contributed by atoms with Crippen LogP contribution in [0.2, 0.25) is 10.0 Å². The number of halogens is 2. The Kier molecular flexibility index (Phi) is 7.15. The molecule has 0 bridgehead atoms. The van der Waals surface area contributed by atoms with Crippen molar-refractivity contribution in [2.45, 2.75) is 19.9 Å². The van der Waals surface area contributed by atoms with Crippen molar-refractivity contribution in [3.63, 3.8) is 0 Å². The van der Waals surface area contributed by atoms with E-state index in [1.165, 1.54) is 19.4 Å². The van der Waals surface area contributed by atoms with Gasteiger partial charge in [-0.3, -0.25) is 4.79 Å². The van der Waals surface area contributed by atoms with E-state index >= 15 is 0 Å². The second-order valence-electron chi connectivity index (χ2n) is 6.78. The fourth-order valence-corrected chi connectivity index (χ4v) is 3.18. The Morgan fingerprint density at radius 1 is 1.10 bits per heavy atom. The molecule has 3 aromatic rings. The van der Waals surface area contributed by atoms with Gasteiger partial charge in [-0.2, -0.15) is 0 Å². The first kappa shape index (κ1) is 22.6. The SMILES string of the molecule is COC(=O)c1ccc(C(C)NC(=O)c2cc(Cl)cnc2Oc2cccc(Cl)c2C)cc1. The highest BCUT2D eigenvalue weighted by atomic mass is 35.5. The predicted octanol–water partition coefficient (Wildman–Crippen LogP) is 5.77. The summed E-state index contributed by atoms with van der Waals surface area (Å²) in [6, 6.07) is 13.2. The molecule has 1 amide bonds. The molecule has 0 radical (unpaired) electrons. The second kappa shape index (κ2) is 9.81. The van der Waals surface area contributed by atoms with Crippen LogP contribution in [0, 0.1) is 6.92 Å². The van der Waals surface area contributed by atoms with Gasteiger partial charge in [0.05, 0.1) is 23.7 Å². The van der Waals surface area contributed by atoms with Crippen LogP contribution in [0.15, 0.2) is 54.7 Å². The van der Waals surface area contributed by atoms with Crippen LogP contribution in [0.3, 0.4) is 0 Å². The van der Waals surface area contributed by atoms with Gasteiger partial charge in [-0.05, 0) is 49.7 Å². The van der Waals surface area contributed by atoms with E-state index in [1.54, 1.807) is 42.5 Å². The molecule has 1 aromatic heterocycles. The Bertz CT molecular complexity index is 1120. The first-order valence-electron chi connectivity index (χ1n) is 9.37. The molecule has 0 aliphatic carbocycles. The Morgan fingerprint density at radius 2 is 1.81 bits per heavy atom. The van der Waals surface area contributed by atoms with Crippen molar-refractivity contribution in [2.24, 2.45) is 0 Å². The van der Waals surface area contributed by atoms with Crippen LogP contribution in [-0.4, -0.2) is 24.0 Å². The van der Waals surface area contributed by atoms with Crippen molar-refractivity contribution in [1.82, 2.24) is 10.3 Å². The van der Waals surface area contributed by atoms with Crippen LogP contribution in [0.25, 0.3) is 0 Å². The van der Waals surface area contributed by atoms with Gasteiger partial charge in [0.2, 0.25) is 5.88 Å². The largest absolute Gasteiger partial charge is 0.465 e. The zero-order valence-electron chi connectivity index (χ0n) is 17.1. The number of hydrogen-bond donors (Lipinski definition) is 1. The number of carbonyl (C=O) groups excluding carboxylic acids is 2. The van der Waals surface area contributed by atoms with Crippen molar-refractivity contribution in [3.05, 3.63) is 87.0 Å². The molecule has 1 N–H and O–H groups in total. The average Bonchev–Trinajstić information content (AvgIpc) is 2.77.